The molecule has 1 nitrogen and oxygen atoms in total. The van der Waals surface area contributed by atoms with Crippen LogP contribution in [0.15, 0.2) is 24.3 Å². The van der Waals surface area contributed by atoms with E-state index in [9.17, 15) is 0 Å². The molecule has 0 amide bonds. The Kier molecular flexibility index (Phi) is 6.86. The summed E-state index contributed by atoms with van der Waals surface area (Å²) < 4.78 is 5.17. The Hall–Kier alpha value is 0.107. The van der Waals surface area contributed by atoms with Gasteiger partial charge >= 0.3 is 6.00 Å². The molecule has 0 radical (unpaired) electrons. The van der Waals surface area contributed by atoms with Gasteiger partial charge in [0, 0.05) is 0 Å². The number of hydrogen-bond donors (Lipinski definition) is 0. The summed E-state index contributed by atoms with van der Waals surface area (Å²) in [4.78, 5) is 0. The number of halogens is 3. The third-order valence-electron chi connectivity index (χ3n) is 3.00. The number of benzene rings is 1. The molecule has 0 aliphatic carbocycles. The molecule has 0 saturated heterocycles. The highest BCUT2D eigenvalue weighted by Crippen LogP contribution is 2.34. The van der Waals surface area contributed by atoms with E-state index in [0.29, 0.717) is 12.0 Å². The van der Waals surface area contributed by atoms with Crippen LogP contribution in [0.25, 0.3) is 0 Å². The highest BCUT2D eigenvalue weighted by atomic mass is 35.8. The lowest BCUT2D eigenvalue weighted by Gasteiger charge is -2.18. The third-order valence-corrected chi connectivity index (χ3v) is 5.56. The fourth-order valence-corrected chi connectivity index (χ4v) is 3.70. The fraction of sp³-hybridized carbons (Fsp3) is 0.538. The monoisotopic (exact) mass is 324 g/mol. The van der Waals surface area contributed by atoms with E-state index in [4.69, 9.17) is 38.0 Å². The summed E-state index contributed by atoms with van der Waals surface area (Å²) in [5, 5.41) is 0. The molecule has 5 heteroatoms. The molecule has 0 saturated carbocycles. The van der Waals surface area contributed by atoms with E-state index in [2.05, 4.69) is 19.1 Å². The van der Waals surface area contributed by atoms with Crippen molar-refractivity contribution in [3.05, 3.63) is 29.8 Å². The van der Waals surface area contributed by atoms with Gasteiger partial charge in [-0.2, -0.15) is 0 Å². The van der Waals surface area contributed by atoms with Gasteiger partial charge in [0.15, 0.2) is 0 Å². The van der Waals surface area contributed by atoms with Crippen molar-refractivity contribution in [3.63, 3.8) is 0 Å². The molecule has 1 atom stereocenters. The zero-order valence-corrected chi connectivity index (χ0v) is 14.0. The van der Waals surface area contributed by atoms with Crippen molar-refractivity contribution in [2.45, 2.75) is 38.1 Å². The molecule has 0 aromatic heterocycles. The summed E-state index contributed by atoms with van der Waals surface area (Å²) in [6.07, 6.45) is 3.21. The Morgan fingerprint density at radius 1 is 1.11 bits per heavy atom. The first kappa shape index (κ1) is 16.2. The first-order chi connectivity index (χ1) is 8.46. The molecule has 0 spiro atoms. The Morgan fingerprint density at radius 2 is 1.72 bits per heavy atom. The molecule has 102 valence electrons. The van der Waals surface area contributed by atoms with Gasteiger partial charge < -0.3 is 4.74 Å². The van der Waals surface area contributed by atoms with Crippen molar-refractivity contribution in [1.29, 1.82) is 0 Å². The van der Waals surface area contributed by atoms with E-state index >= 15 is 0 Å². The predicted octanol–water partition coefficient (Wildman–Crippen LogP) is 5.62. The highest BCUT2D eigenvalue weighted by molar-refractivity contribution is 7.64. The maximum absolute atomic E-state index is 5.96. The minimum Gasteiger partial charge on any atom is -0.497 e. The standard InChI is InChI=1S/C13H19Cl3OSi/c1-3-4-11(9-10-18(14,15)16)12-5-7-13(17-2)8-6-12/h5-8,11H,3-4,9-10H2,1-2H3. The normalized spacial score (nSPS) is 13.4. The van der Waals surface area contributed by atoms with Crippen LogP contribution in [-0.4, -0.2) is 13.1 Å². The van der Waals surface area contributed by atoms with Crippen LogP contribution in [0.4, 0.5) is 0 Å². The van der Waals surface area contributed by atoms with Gasteiger partial charge in [-0.3, -0.25) is 0 Å². The van der Waals surface area contributed by atoms with E-state index in [0.717, 1.165) is 25.0 Å². The van der Waals surface area contributed by atoms with E-state index in [1.807, 2.05) is 12.1 Å². The Labute approximate surface area is 125 Å². The minimum absolute atomic E-state index is 0.476. The topological polar surface area (TPSA) is 9.23 Å². The van der Waals surface area contributed by atoms with Crippen LogP contribution in [0.3, 0.4) is 0 Å². The van der Waals surface area contributed by atoms with Crippen LogP contribution >= 0.6 is 33.2 Å². The maximum Gasteiger partial charge on any atom is 0.341 e. The van der Waals surface area contributed by atoms with Crippen molar-refractivity contribution in [2.75, 3.05) is 7.11 Å². The van der Waals surface area contributed by atoms with Crippen LogP contribution in [0.5, 0.6) is 5.75 Å². The summed E-state index contributed by atoms with van der Waals surface area (Å²) in [5.41, 5.74) is 1.31. The van der Waals surface area contributed by atoms with Crippen LogP contribution < -0.4 is 4.74 Å². The van der Waals surface area contributed by atoms with Crippen molar-refractivity contribution in [3.8, 4) is 5.75 Å². The van der Waals surface area contributed by atoms with Crippen LogP contribution in [0, 0.1) is 0 Å². The zero-order chi connectivity index (χ0) is 13.6. The summed E-state index contributed by atoms with van der Waals surface area (Å²) in [7, 11) is 1.67. The van der Waals surface area contributed by atoms with Crippen LogP contribution in [0.2, 0.25) is 6.04 Å². The lowest BCUT2D eigenvalue weighted by Crippen LogP contribution is -2.11. The first-order valence-corrected chi connectivity index (χ1v) is 11.4. The molecule has 0 aliphatic rings. The van der Waals surface area contributed by atoms with E-state index in [1.165, 1.54) is 5.56 Å². The smallest absolute Gasteiger partial charge is 0.341 e. The van der Waals surface area contributed by atoms with Crippen molar-refractivity contribution < 1.29 is 4.74 Å². The Morgan fingerprint density at radius 3 is 2.17 bits per heavy atom. The molecular weight excluding hydrogens is 307 g/mol. The molecule has 1 rings (SSSR count). The average molecular weight is 326 g/mol. The molecule has 0 heterocycles. The van der Waals surface area contributed by atoms with Gasteiger partial charge in [0.25, 0.3) is 0 Å². The first-order valence-electron chi connectivity index (χ1n) is 6.17. The third kappa shape index (κ3) is 5.83. The number of ether oxygens (including phenoxy) is 1. The fourth-order valence-electron chi connectivity index (χ4n) is 2.04. The molecule has 1 aromatic rings. The lowest BCUT2D eigenvalue weighted by molar-refractivity contribution is 0.414. The average Bonchev–Trinajstić information content (AvgIpc) is 2.33. The molecule has 18 heavy (non-hydrogen) atoms. The molecule has 1 aromatic carbocycles. The summed E-state index contributed by atoms with van der Waals surface area (Å²) in [6.45, 7) is 2.18. The Bertz CT molecular complexity index is 348. The largest absolute Gasteiger partial charge is 0.497 e. The van der Waals surface area contributed by atoms with Crippen LogP contribution in [0.1, 0.15) is 37.7 Å². The van der Waals surface area contributed by atoms with Crippen molar-refractivity contribution in [1.82, 2.24) is 0 Å². The molecule has 0 fully saturated rings. The van der Waals surface area contributed by atoms with Crippen molar-refractivity contribution >= 4 is 39.2 Å². The van der Waals surface area contributed by atoms with Gasteiger partial charge in [-0.15, -0.1) is 33.2 Å². The van der Waals surface area contributed by atoms with Gasteiger partial charge in [-0.25, -0.2) is 0 Å². The molecule has 0 aliphatic heterocycles. The lowest BCUT2D eigenvalue weighted by atomic mass is 9.92. The van der Waals surface area contributed by atoms with Gasteiger partial charge in [-0.05, 0) is 42.5 Å². The maximum atomic E-state index is 5.96. The van der Waals surface area contributed by atoms with Crippen molar-refractivity contribution in [2.24, 2.45) is 0 Å². The SMILES string of the molecule is CCCC(CC[Si](Cl)(Cl)Cl)c1ccc(OC)cc1. The van der Waals surface area contributed by atoms with E-state index < -0.39 is 6.00 Å². The molecule has 1 unspecified atom stereocenters. The predicted molar refractivity (Wildman–Crippen MR) is 83.4 cm³/mol. The molecule has 0 N–H and O–H groups in total. The van der Waals surface area contributed by atoms with Crippen LogP contribution in [-0.2, 0) is 0 Å². The van der Waals surface area contributed by atoms with Gasteiger partial charge in [0.2, 0.25) is 0 Å². The Balaban J connectivity index is 2.70. The number of hydrogen-bond acceptors (Lipinski definition) is 1. The second-order valence-electron chi connectivity index (χ2n) is 4.41. The van der Waals surface area contributed by atoms with Gasteiger partial charge in [-0.1, -0.05) is 25.5 Å². The van der Waals surface area contributed by atoms with E-state index in [-0.39, 0.29) is 0 Å². The minimum atomic E-state index is -2.51. The van der Waals surface area contributed by atoms with Gasteiger partial charge in [0.05, 0.1) is 7.11 Å². The number of rotatable bonds is 7. The zero-order valence-electron chi connectivity index (χ0n) is 10.8. The quantitative estimate of drug-likeness (QED) is 0.466. The summed E-state index contributed by atoms with van der Waals surface area (Å²) in [6, 6.07) is 6.41. The van der Waals surface area contributed by atoms with E-state index in [1.54, 1.807) is 7.11 Å². The number of methoxy groups -OCH3 is 1. The summed E-state index contributed by atoms with van der Waals surface area (Å²) >= 11 is 17.9. The molecular formula is C13H19Cl3OSi. The van der Waals surface area contributed by atoms with Gasteiger partial charge in [0.1, 0.15) is 5.75 Å². The highest BCUT2D eigenvalue weighted by Gasteiger charge is 2.26. The second kappa shape index (κ2) is 7.64. The summed E-state index contributed by atoms with van der Waals surface area (Å²) in [5.74, 6) is 1.36. The molecule has 0 bridgehead atoms. The second-order valence-corrected chi connectivity index (χ2v) is 13.7.